The highest BCUT2D eigenvalue weighted by molar-refractivity contribution is 9.10. The van der Waals surface area contributed by atoms with Crippen LogP contribution in [0.25, 0.3) is 18.2 Å². The highest BCUT2D eigenvalue weighted by atomic mass is 79.9. The average Bonchev–Trinajstić information content (AvgIpc) is 2.95. The van der Waals surface area contributed by atoms with Crippen molar-refractivity contribution in [1.29, 1.82) is 0 Å². The van der Waals surface area contributed by atoms with E-state index in [-0.39, 0.29) is 42.7 Å². The predicted molar refractivity (Wildman–Crippen MR) is 155 cm³/mol. The number of phenols is 1. The van der Waals surface area contributed by atoms with E-state index in [9.17, 15) is 18.3 Å². The average molecular weight is 614 g/mol. The summed E-state index contributed by atoms with van der Waals surface area (Å²) in [6.45, 7) is 0.964. The van der Waals surface area contributed by atoms with E-state index in [2.05, 4.69) is 15.9 Å². The van der Waals surface area contributed by atoms with Gasteiger partial charge in [-0.3, -0.25) is 4.79 Å². The van der Waals surface area contributed by atoms with Gasteiger partial charge in [0.2, 0.25) is 15.9 Å². The highest BCUT2D eigenvalue weighted by Gasteiger charge is 2.30. The molecule has 3 aromatic rings. The number of sulfonamides is 1. The topological polar surface area (TPSA) is 96.4 Å². The van der Waals surface area contributed by atoms with Crippen molar-refractivity contribution in [3.8, 4) is 17.2 Å². The fourth-order valence-corrected chi connectivity index (χ4v) is 6.58. The Bertz CT molecular complexity index is 1490. The molecule has 1 N–H and O–H groups in total. The van der Waals surface area contributed by atoms with E-state index in [1.165, 1.54) is 10.4 Å². The number of nitrogens with zero attached hydrogens (tertiary/aromatic N) is 2. The number of ether oxygens (including phenoxy) is 2. The molecule has 10 heteroatoms. The second kappa shape index (κ2) is 12.5. The van der Waals surface area contributed by atoms with Gasteiger partial charge in [-0.2, -0.15) is 4.31 Å². The number of halogens is 1. The summed E-state index contributed by atoms with van der Waals surface area (Å²) in [5.41, 5.74) is 2.35. The van der Waals surface area contributed by atoms with Crippen LogP contribution in [0.2, 0.25) is 0 Å². The van der Waals surface area contributed by atoms with Gasteiger partial charge in [-0.05, 0) is 63.5 Å². The molecule has 0 aliphatic carbocycles. The zero-order valence-corrected chi connectivity index (χ0v) is 24.0. The van der Waals surface area contributed by atoms with Crippen LogP contribution < -0.4 is 9.47 Å². The van der Waals surface area contributed by atoms with Crippen molar-refractivity contribution < 1.29 is 27.8 Å². The van der Waals surface area contributed by atoms with Crippen molar-refractivity contribution in [1.82, 2.24) is 9.21 Å². The summed E-state index contributed by atoms with van der Waals surface area (Å²) in [7, 11) is -0.555. The van der Waals surface area contributed by atoms with Crippen molar-refractivity contribution in [2.24, 2.45) is 0 Å². The molecular weight excluding hydrogens is 584 g/mol. The number of piperazine rings is 1. The van der Waals surface area contributed by atoms with E-state index in [1.807, 2.05) is 18.2 Å². The third-order valence-corrected chi connectivity index (χ3v) is 9.26. The molecule has 204 valence electrons. The van der Waals surface area contributed by atoms with Crippen LogP contribution in [0.5, 0.6) is 17.2 Å². The van der Waals surface area contributed by atoms with E-state index in [0.29, 0.717) is 21.5 Å². The van der Waals surface area contributed by atoms with Crippen molar-refractivity contribution in [3.63, 3.8) is 0 Å². The molecule has 0 radical (unpaired) electrons. The summed E-state index contributed by atoms with van der Waals surface area (Å²) < 4.78 is 39.0. The number of aromatic hydroxyl groups is 1. The number of carbonyl (C=O) groups excluding carboxylic acids is 1. The zero-order chi connectivity index (χ0) is 28.0. The molecule has 1 aliphatic heterocycles. The summed E-state index contributed by atoms with van der Waals surface area (Å²) >= 11 is 3.32. The van der Waals surface area contributed by atoms with Gasteiger partial charge < -0.3 is 19.5 Å². The molecule has 1 fully saturated rings. The maximum absolute atomic E-state index is 13.1. The lowest BCUT2D eigenvalue weighted by molar-refractivity contribution is -0.127. The lowest BCUT2D eigenvalue weighted by atomic mass is 10.0. The normalized spacial score (nSPS) is 14.7. The van der Waals surface area contributed by atoms with Gasteiger partial charge in [-0.25, -0.2) is 8.42 Å². The number of methoxy groups -OCH3 is 2. The van der Waals surface area contributed by atoms with E-state index < -0.39 is 10.0 Å². The van der Waals surface area contributed by atoms with Gasteiger partial charge in [0.1, 0.15) is 17.2 Å². The Kier molecular flexibility index (Phi) is 9.11. The van der Waals surface area contributed by atoms with Gasteiger partial charge in [0.25, 0.3) is 0 Å². The van der Waals surface area contributed by atoms with Crippen LogP contribution >= 0.6 is 15.9 Å². The van der Waals surface area contributed by atoms with Crippen LogP contribution in [0.3, 0.4) is 0 Å². The molecule has 1 amide bonds. The minimum atomic E-state index is -3.67. The maximum Gasteiger partial charge on any atom is 0.246 e. The lowest BCUT2D eigenvalue weighted by Crippen LogP contribution is -2.50. The number of rotatable bonds is 8. The molecule has 39 heavy (non-hydrogen) atoms. The fraction of sp³-hybridized carbons (Fsp3) is 0.207. The van der Waals surface area contributed by atoms with Crippen LogP contribution in [0.1, 0.15) is 16.7 Å². The molecule has 4 rings (SSSR count). The van der Waals surface area contributed by atoms with Crippen molar-refractivity contribution in [3.05, 3.63) is 87.9 Å². The van der Waals surface area contributed by atoms with Crippen molar-refractivity contribution in [2.45, 2.75) is 4.90 Å². The Labute approximate surface area is 237 Å². The highest BCUT2D eigenvalue weighted by Crippen LogP contribution is 2.32. The second-order valence-electron chi connectivity index (χ2n) is 8.75. The van der Waals surface area contributed by atoms with Crippen LogP contribution in [0.4, 0.5) is 0 Å². The fourth-order valence-electron chi connectivity index (χ4n) is 4.20. The zero-order valence-electron chi connectivity index (χ0n) is 21.6. The molecule has 1 heterocycles. The Morgan fingerprint density at radius 1 is 0.923 bits per heavy atom. The van der Waals surface area contributed by atoms with E-state index >= 15 is 0 Å². The monoisotopic (exact) mass is 612 g/mol. The first-order valence-corrected chi connectivity index (χ1v) is 14.4. The minimum Gasteiger partial charge on any atom is -0.508 e. The summed E-state index contributed by atoms with van der Waals surface area (Å²) in [5, 5.41) is 9.53. The molecule has 0 aromatic heterocycles. The molecule has 1 aliphatic rings. The molecule has 0 bridgehead atoms. The molecule has 0 saturated carbocycles. The predicted octanol–water partition coefficient (Wildman–Crippen LogP) is 4.89. The summed E-state index contributed by atoms with van der Waals surface area (Å²) in [4.78, 5) is 14.9. The minimum absolute atomic E-state index is 0.184. The van der Waals surface area contributed by atoms with E-state index in [0.717, 1.165) is 11.1 Å². The van der Waals surface area contributed by atoms with Gasteiger partial charge in [-0.1, -0.05) is 36.4 Å². The summed E-state index contributed by atoms with van der Waals surface area (Å²) in [6, 6.07) is 17.1. The molecule has 0 unspecified atom stereocenters. The van der Waals surface area contributed by atoms with E-state index in [1.54, 1.807) is 79.8 Å². The van der Waals surface area contributed by atoms with Gasteiger partial charge >= 0.3 is 0 Å². The van der Waals surface area contributed by atoms with Crippen LogP contribution in [-0.2, 0) is 14.8 Å². The van der Waals surface area contributed by atoms with Gasteiger partial charge in [0.15, 0.2) is 0 Å². The molecule has 0 spiro atoms. The Balaban J connectivity index is 1.51. The van der Waals surface area contributed by atoms with E-state index in [4.69, 9.17) is 9.47 Å². The lowest BCUT2D eigenvalue weighted by Gasteiger charge is -2.33. The molecule has 0 atom stereocenters. The SMILES string of the molecule is COc1cc(C=Cc2ccc(O)cc2)c(C=CC(=O)N2CCN(S(=O)(=O)c3ccccc3Br)CC2)c(OC)c1. The van der Waals surface area contributed by atoms with Gasteiger partial charge in [0.05, 0.1) is 19.1 Å². The van der Waals surface area contributed by atoms with Crippen LogP contribution in [0.15, 0.2) is 76.1 Å². The molecular formula is C29H29BrN2O6S. The summed E-state index contributed by atoms with van der Waals surface area (Å²) in [5.74, 6) is 1.10. The van der Waals surface area contributed by atoms with Crippen LogP contribution in [0, 0.1) is 0 Å². The molecule has 3 aromatic carbocycles. The largest absolute Gasteiger partial charge is 0.508 e. The first-order chi connectivity index (χ1) is 18.7. The van der Waals surface area contributed by atoms with Gasteiger partial charge in [-0.15, -0.1) is 0 Å². The maximum atomic E-state index is 13.1. The number of hydrogen-bond acceptors (Lipinski definition) is 6. The third-order valence-electron chi connectivity index (χ3n) is 6.35. The Morgan fingerprint density at radius 2 is 1.62 bits per heavy atom. The smallest absolute Gasteiger partial charge is 0.246 e. The summed E-state index contributed by atoms with van der Waals surface area (Å²) in [6.07, 6.45) is 6.94. The Morgan fingerprint density at radius 3 is 2.26 bits per heavy atom. The first-order valence-electron chi connectivity index (χ1n) is 12.2. The third kappa shape index (κ3) is 6.70. The molecule has 8 nitrogen and oxygen atoms in total. The van der Waals surface area contributed by atoms with Crippen LogP contribution in [-0.4, -0.2) is 69.0 Å². The number of carbonyl (C=O) groups is 1. The Hall–Kier alpha value is -3.60. The number of amides is 1. The number of hydrogen-bond donors (Lipinski definition) is 1. The number of phenolic OH excluding ortho intramolecular Hbond substituents is 1. The quantitative estimate of drug-likeness (QED) is 0.287. The number of benzene rings is 3. The van der Waals surface area contributed by atoms with Gasteiger partial charge in [0, 0.05) is 48.4 Å². The molecule has 1 saturated heterocycles. The van der Waals surface area contributed by atoms with Crippen molar-refractivity contribution in [2.75, 3.05) is 40.4 Å². The standard InChI is InChI=1S/C29H29BrN2O6S/c1-37-24-19-22(10-7-21-8-11-23(33)12-9-21)25(27(20-24)38-2)13-14-29(34)31-15-17-32(18-16-31)39(35,36)28-6-4-3-5-26(28)30/h3-14,19-20,33H,15-18H2,1-2H3. The van der Waals surface area contributed by atoms with Crippen molar-refractivity contribution >= 4 is 50.1 Å². The second-order valence-corrected chi connectivity index (χ2v) is 11.5. The first kappa shape index (κ1) is 28.4.